The van der Waals surface area contributed by atoms with Gasteiger partial charge >= 0.3 is 0 Å². The number of rotatable bonds is 6. The maximum Gasteiger partial charge on any atom is 0.223 e. The molecule has 1 aromatic heterocycles. The molecule has 18 heavy (non-hydrogen) atoms. The van der Waals surface area contributed by atoms with E-state index in [1.165, 1.54) is 0 Å². The largest absolute Gasteiger partial charge is 0.506 e. The highest BCUT2D eigenvalue weighted by atomic mass is 16.3. The maximum atomic E-state index is 11.3. The van der Waals surface area contributed by atoms with Crippen LogP contribution in [0.5, 0.6) is 5.75 Å². The van der Waals surface area contributed by atoms with Gasteiger partial charge in [-0.15, -0.1) is 0 Å². The van der Waals surface area contributed by atoms with Gasteiger partial charge in [0.25, 0.3) is 0 Å². The van der Waals surface area contributed by atoms with Gasteiger partial charge in [0, 0.05) is 31.2 Å². The summed E-state index contributed by atoms with van der Waals surface area (Å²) in [5.41, 5.74) is 1.52. The van der Waals surface area contributed by atoms with Crippen molar-refractivity contribution in [1.82, 2.24) is 15.6 Å². The number of carbonyl (C=O) groups excluding carboxylic acids is 1. The maximum absolute atomic E-state index is 11.3. The van der Waals surface area contributed by atoms with Gasteiger partial charge < -0.3 is 15.7 Å². The number of aryl methyl sites for hydroxylation is 1. The molecule has 3 N–H and O–H groups in total. The monoisotopic (exact) mass is 249 g/mol. The summed E-state index contributed by atoms with van der Waals surface area (Å²) in [6, 6.07) is 3.42. The Morgan fingerprint density at radius 3 is 2.94 bits per heavy atom. The molecule has 1 saturated carbocycles. The zero-order valence-electron chi connectivity index (χ0n) is 10.6. The second-order valence-electron chi connectivity index (χ2n) is 4.66. The fourth-order valence-electron chi connectivity index (χ4n) is 1.70. The van der Waals surface area contributed by atoms with Crippen LogP contribution >= 0.6 is 0 Å². The van der Waals surface area contributed by atoms with E-state index in [2.05, 4.69) is 15.6 Å². The van der Waals surface area contributed by atoms with Crippen LogP contribution in [-0.4, -0.2) is 29.1 Å². The highest BCUT2D eigenvalue weighted by Crippen LogP contribution is 2.28. The van der Waals surface area contributed by atoms with E-state index in [1.807, 2.05) is 6.92 Å². The highest BCUT2D eigenvalue weighted by molar-refractivity contribution is 5.80. The Hall–Kier alpha value is -1.62. The van der Waals surface area contributed by atoms with E-state index in [1.54, 1.807) is 12.1 Å². The first-order valence-electron chi connectivity index (χ1n) is 6.31. The minimum atomic E-state index is 0.160. The smallest absolute Gasteiger partial charge is 0.223 e. The van der Waals surface area contributed by atoms with Gasteiger partial charge in [-0.25, -0.2) is 0 Å². The number of pyridine rings is 1. The standard InChI is InChI=1S/C13H19N3O2/c1-9-2-5-12(17)11(16-9)8-14-6-7-15-13(18)10-3-4-10/h2,5,10,14,17H,3-4,6-8H2,1H3,(H,15,18). The lowest BCUT2D eigenvalue weighted by molar-refractivity contribution is -0.122. The van der Waals surface area contributed by atoms with Crippen molar-refractivity contribution in [2.75, 3.05) is 13.1 Å². The number of aromatic nitrogens is 1. The Bertz CT molecular complexity index is 430. The van der Waals surface area contributed by atoms with Gasteiger partial charge in [0.2, 0.25) is 5.91 Å². The average Bonchev–Trinajstić information content (AvgIpc) is 3.17. The third kappa shape index (κ3) is 3.70. The predicted molar refractivity (Wildman–Crippen MR) is 68.1 cm³/mol. The first-order chi connectivity index (χ1) is 8.66. The Balaban J connectivity index is 1.65. The van der Waals surface area contributed by atoms with Crippen molar-refractivity contribution in [1.29, 1.82) is 0 Å². The molecule has 5 heteroatoms. The van der Waals surface area contributed by atoms with E-state index in [9.17, 15) is 9.90 Å². The molecule has 0 spiro atoms. The molecule has 0 atom stereocenters. The van der Waals surface area contributed by atoms with Crippen molar-refractivity contribution in [2.24, 2.45) is 5.92 Å². The number of aromatic hydroxyl groups is 1. The molecule has 1 aliphatic carbocycles. The normalized spacial score (nSPS) is 14.5. The summed E-state index contributed by atoms with van der Waals surface area (Å²) < 4.78 is 0. The number of hydrogen-bond donors (Lipinski definition) is 3. The molecule has 1 heterocycles. The summed E-state index contributed by atoms with van der Waals surface area (Å²) in [4.78, 5) is 15.6. The van der Waals surface area contributed by atoms with E-state index in [-0.39, 0.29) is 17.6 Å². The quantitative estimate of drug-likeness (QED) is 0.649. The Kier molecular flexibility index (Phi) is 4.15. The van der Waals surface area contributed by atoms with E-state index in [4.69, 9.17) is 0 Å². The zero-order valence-corrected chi connectivity index (χ0v) is 10.6. The molecule has 98 valence electrons. The summed E-state index contributed by atoms with van der Waals surface area (Å²) >= 11 is 0. The van der Waals surface area contributed by atoms with Crippen molar-refractivity contribution >= 4 is 5.91 Å². The molecule has 1 fully saturated rings. The molecule has 1 amide bonds. The number of carbonyl (C=O) groups is 1. The topological polar surface area (TPSA) is 74.2 Å². The molecule has 0 aromatic carbocycles. The lowest BCUT2D eigenvalue weighted by atomic mass is 10.3. The molecular formula is C13H19N3O2. The van der Waals surface area contributed by atoms with Gasteiger partial charge in [-0.3, -0.25) is 9.78 Å². The minimum Gasteiger partial charge on any atom is -0.506 e. The van der Waals surface area contributed by atoms with E-state index < -0.39 is 0 Å². The van der Waals surface area contributed by atoms with Crippen LogP contribution in [0.4, 0.5) is 0 Å². The van der Waals surface area contributed by atoms with Gasteiger partial charge in [0.1, 0.15) is 5.75 Å². The zero-order chi connectivity index (χ0) is 13.0. The van der Waals surface area contributed by atoms with Crippen molar-refractivity contribution in [3.63, 3.8) is 0 Å². The van der Waals surface area contributed by atoms with E-state index >= 15 is 0 Å². The summed E-state index contributed by atoms with van der Waals surface area (Å²) in [6.45, 7) is 3.68. The minimum absolute atomic E-state index is 0.160. The van der Waals surface area contributed by atoms with Crippen LogP contribution in [0, 0.1) is 12.8 Å². The number of amides is 1. The predicted octanol–water partition coefficient (Wildman–Crippen LogP) is 0.711. The third-order valence-corrected chi connectivity index (χ3v) is 2.93. The highest BCUT2D eigenvalue weighted by Gasteiger charge is 2.28. The van der Waals surface area contributed by atoms with Gasteiger partial charge in [0.15, 0.2) is 0 Å². The van der Waals surface area contributed by atoms with Crippen LogP contribution in [0.25, 0.3) is 0 Å². The van der Waals surface area contributed by atoms with Crippen molar-refractivity contribution < 1.29 is 9.90 Å². The van der Waals surface area contributed by atoms with Gasteiger partial charge in [-0.1, -0.05) is 0 Å². The third-order valence-electron chi connectivity index (χ3n) is 2.93. The molecule has 0 unspecified atom stereocenters. The van der Waals surface area contributed by atoms with E-state index in [0.717, 1.165) is 18.5 Å². The molecular weight excluding hydrogens is 230 g/mol. The molecule has 0 saturated heterocycles. The fraction of sp³-hybridized carbons (Fsp3) is 0.538. The average molecular weight is 249 g/mol. The van der Waals surface area contributed by atoms with E-state index in [0.29, 0.717) is 25.3 Å². The second kappa shape index (κ2) is 5.82. The lowest BCUT2D eigenvalue weighted by Gasteiger charge is -2.07. The Morgan fingerprint density at radius 2 is 2.22 bits per heavy atom. The summed E-state index contributed by atoms with van der Waals surface area (Å²) in [5.74, 6) is 0.621. The molecule has 2 rings (SSSR count). The summed E-state index contributed by atoms with van der Waals surface area (Å²) in [6.07, 6.45) is 2.06. The molecule has 5 nitrogen and oxygen atoms in total. The van der Waals surface area contributed by atoms with Crippen molar-refractivity contribution in [3.05, 3.63) is 23.5 Å². The van der Waals surface area contributed by atoms with Crippen LogP contribution in [0.3, 0.4) is 0 Å². The van der Waals surface area contributed by atoms with Gasteiger partial charge in [0.05, 0.1) is 5.69 Å². The fourth-order valence-corrected chi connectivity index (χ4v) is 1.70. The van der Waals surface area contributed by atoms with Crippen LogP contribution in [0.1, 0.15) is 24.2 Å². The number of nitrogens with one attached hydrogen (secondary N) is 2. The number of hydrogen-bond acceptors (Lipinski definition) is 4. The first-order valence-corrected chi connectivity index (χ1v) is 6.31. The molecule has 0 bridgehead atoms. The van der Waals surface area contributed by atoms with Crippen LogP contribution in [-0.2, 0) is 11.3 Å². The van der Waals surface area contributed by atoms with Crippen LogP contribution in [0.15, 0.2) is 12.1 Å². The molecule has 0 radical (unpaired) electrons. The molecule has 1 aromatic rings. The van der Waals surface area contributed by atoms with Crippen molar-refractivity contribution in [3.8, 4) is 5.75 Å². The van der Waals surface area contributed by atoms with Gasteiger partial charge in [-0.2, -0.15) is 0 Å². The van der Waals surface area contributed by atoms with Gasteiger partial charge in [-0.05, 0) is 31.9 Å². The first kappa shape index (κ1) is 12.8. The SMILES string of the molecule is Cc1ccc(O)c(CNCCNC(=O)C2CC2)n1. The summed E-state index contributed by atoms with van der Waals surface area (Å²) in [5, 5.41) is 15.6. The molecule has 1 aliphatic rings. The Labute approximate surface area is 107 Å². The lowest BCUT2D eigenvalue weighted by Crippen LogP contribution is -2.32. The number of nitrogens with zero attached hydrogens (tertiary/aromatic N) is 1. The van der Waals surface area contributed by atoms with Crippen LogP contribution in [0.2, 0.25) is 0 Å². The van der Waals surface area contributed by atoms with Crippen LogP contribution < -0.4 is 10.6 Å². The second-order valence-corrected chi connectivity index (χ2v) is 4.66. The molecule has 0 aliphatic heterocycles. The Morgan fingerprint density at radius 1 is 1.44 bits per heavy atom. The van der Waals surface area contributed by atoms with Crippen molar-refractivity contribution in [2.45, 2.75) is 26.3 Å². The summed E-state index contributed by atoms with van der Waals surface area (Å²) in [7, 11) is 0.